The number of hydrogen-bond donors (Lipinski definition) is 1. The van der Waals surface area contributed by atoms with Gasteiger partial charge in [-0.15, -0.1) is 0 Å². The highest BCUT2D eigenvalue weighted by atomic mass is 16.1. The van der Waals surface area contributed by atoms with Crippen LogP contribution >= 0.6 is 0 Å². The third-order valence-corrected chi connectivity index (χ3v) is 2.07. The van der Waals surface area contributed by atoms with Gasteiger partial charge in [-0.05, 0) is 30.2 Å². The molecular weight excluding hydrogens is 214 g/mol. The summed E-state index contributed by atoms with van der Waals surface area (Å²) in [4.78, 5) is 18.8. The molecule has 0 saturated heterocycles. The van der Waals surface area contributed by atoms with E-state index >= 15 is 0 Å². The highest BCUT2D eigenvalue weighted by molar-refractivity contribution is 5.92. The molecule has 0 aliphatic heterocycles. The normalized spacial score (nSPS) is 9.18. The van der Waals surface area contributed by atoms with Crippen LogP contribution in [0.15, 0.2) is 42.9 Å². The van der Waals surface area contributed by atoms with Gasteiger partial charge in [0.25, 0.3) is 0 Å². The number of rotatable bonds is 1. The van der Waals surface area contributed by atoms with Crippen LogP contribution in [-0.4, -0.2) is 15.9 Å². The second-order valence-corrected chi connectivity index (χ2v) is 3.28. The minimum Gasteiger partial charge on any atom is -0.366 e. The van der Waals surface area contributed by atoms with Crippen molar-refractivity contribution in [3.05, 3.63) is 59.7 Å². The first-order valence-corrected chi connectivity index (χ1v) is 4.93. The Bertz CT molecular complexity index is 580. The van der Waals surface area contributed by atoms with E-state index in [0.717, 1.165) is 5.56 Å². The molecule has 1 amide bonds. The van der Waals surface area contributed by atoms with Crippen molar-refractivity contribution < 1.29 is 4.79 Å². The van der Waals surface area contributed by atoms with E-state index < -0.39 is 5.91 Å². The number of amides is 1. The summed E-state index contributed by atoms with van der Waals surface area (Å²) >= 11 is 0. The fraction of sp³-hybridized carbons (Fsp3) is 0. The summed E-state index contributed by atoms with van der Waals surface area (Å²) in [5, 5.41) is 0. The first-order chi connectivity index (χ1) is 8.25. The number of nitrogens with zero attached hydrogens (tertiary/aromatic N) is 2. The van der Waals surface area contributed by atoms with Crippen LogP contribution in [0.3, 0.4) is 0 Å². The summed E-state index contributed by atoms with van der Waals surface area (Å²) in [6.45, 7) is 0. The quantitative estimate of drug-likeness (QED) is 0.732. The zero-order chi connectivity index (χ0) is 12.1. The van der Waals surface area contributed by atoms with Crippen LogP contribution in [-0.2, 0) is 0 Å². The number of carbonyl (C=O) groups excluding carboxylic acids is 1. The predicted molar refractivity (Wildman–Crippen MR) is 63.0 cm³/mol. The molecule has 0 bridgehead atoms. The maximum absolute atomic E-state index is 10.9. The number of nitrogens with two attached hydrogens (primary N) is 1. The van der Waals surface area contributed by atoms with E-state index in [4.69, 9.17) is 5.73 Å². The Morgan fingerprint density at radius 1 is 1.12 bits per heavy atom. The van der Waals surface area contributed by atoms with Crippen molar-refractivity contribution in [2.45, 2.75) is 0 Å². The first kappa shape index (κ1) is 10.8. The molecular formula is C13H9N3O. The number of carbonyl (C=O) groups is 1. The lowest BCUT2D eigenvalue weighted by Crippen LogP contribution is -2.10. The summed E-state index contributed by atoms with van der Waals surface area (Å²) in [6, 6.07) is 6.76. The summed E-state index contributed by atoms with van der Waals surface area (Å²) in [6.07, 6.45) is 4.76. The lowest BCUT2D eigenvalue weighted by Gasteiger charge is -1.94. The zero-order valence-electron chi connectivity index (χ0n) is 8.92. The van der Waals surface area contributed by atoms with Gasteiger partial charge in [0.1, 0.15) is 5.69 Å². The van der Waals surface area contributed by atoms with Crippen molar-refractivity contribution >= 4 is 5.91 Å². The third-order valence-electron chi connectivity index (χ3n) is 2.07. The van der Waals surface area contributed by atoms with Crippen molar-refractivity contribution in [1.29, 1.82) is 0 Å². The van der Waals surface area contributed by atoms with Gasteiger partial charge in [0, 0.05) is 23.5 Å². The van der Waals surface area contributed by atoms with Gasteiger partial charge >= 0.3 is 0 Å². The van der Waals surface area contributed by atoms with Crippen molar-refractivity contribution in [2.24, 2.45) is 5.73 Å². The monoisotopic (exact) mass is 223 g/mol. The number of hydrogen-bond acceptors (Lipinski definition) is 3. The SMILES string of the molecule is NC(=O)c1ccc(C#Cc2cnccn2)cc1. The topological polar surface area (TPSA) is 68.9 Å². The molecule has 1 aromatic carbocycles. The maximum atomic E-state index is 10.9. The molecule has 0 saturated carbocycles. The second kappa shape index (κ2) is 4.90. The Labute approximate surface area is 98.5 Å². The highest BCUT2D eigenvalue weighted by Crippen LogP contribution is 2.02. The van der Waals surface area contributed by atoms with E-state index in [0.29, 0.717) is 11.3 Å². The van der Waals surface area contributed by atoms with Gasteiger partial charge in [0.05, 0.1) is 6.20 Å². The fourth-order valence-corrected chi connectivity index (χ4v) is 1.22. The van der Waals surface area contributed by atoms with Crippen LogP contribution in [0.25, 0.3) is 0 Å². The molecule has 2 aromatic rings. The first-order valence-electron chi connectivity index (χ1n) is 4.93. The molecule has 4 heteroatoms. The van der Waals surface area contributed by atoms with Crippen molar-refractivity contribution in [3.63, 3.8) is 0 Å². The molecule has 0 radical (unpaired) electrons. The highest BCUT2D eigenvalue weighted by Gasteiger charge is 1.97. The summed E-state index contributed by atoms with van der Waals surface area (Å²) < 4.78 is 0. The van der Waals surface area contributed by atoms with Gasteiger partial charge in [-0.2, -0.15) is 0 Å². The third kappa shape index (κ3) is 2.89. The van der Waals surface area contributed by atoms with Crippen molar-refractivity contribution in [2.75, 3.05) is 0 Å². The van der Waals surface area contributed by atoms with E-state index in [1.165, 1.54) is 0 Å². The van der Waals surface area contributed by atoms with Crippen LogP contribution in [0.2, 0.25) is 0 Å². The van der Waals surface area contributed by atoms with Gasteiger partial charge in [0.2, 0.25) is 5.91 Å². The molecule has 2 rings (SSSR count). The summed E-state index contributed by atoms with van der Waals surface area (Å²) in [5.74, 6) is 5.35. The average molecular weight is 223 g/mol. The van der Waals surface area contributed by atoms with Crippen LogP contribution in [0.5, 0.6) is 0 Å². The Morgan fingerprint density at radius 3 is 2.47 bits per heavy atom. The molecule has 82 valence electrons. The minimum absolute atomic E-state index is 0.446. The van der Waals surface area contributed by atoms with Crippen molar-refractivity contribution in [3.8, 4) is 11.8 Å². The number of benzene rings is 1. The van der Waals surface area contributed by atoms with Gasteiger partial charge < -0.3 is 5.73 Å². The maximum Gasteiger partial charge on any atom is 0.248 e. The number of aromatic nitrogens is 2. The molecule has 17 heavy (non-hydrogen) atoms. The van der Waals surface area contributed by atoms with Crippen LogP contribution in [0, 0.1) is 11.8 Å². The van der Waals surface area contributed by atoms with Gasteiger partial charge in [0.15, 0.2) is 0 Å². The van der Waals surface area contributed by atoms with Gasteiger partial charge in [-0.3, -0.25) is 9.78 Å². The molecule has 0 fully saturated rings. The van der Waals surface area contributed by atoms with Gasteiger partial charge in [-0.1, -0.05) is 5.92 Å². The molecule has 1 heterocycles. The van der Waals surface area contributed by atoms with Crippen molar-refractivity contribution in [1.82, 2.24) is 9.97 Å². The van der Waals surface area contributed by atoms with E-state index in [1.54, 1.807) is 42.9 Å². The van der Waals surface area contributed by atoms with Crippen LogP contribution in [0.1, 0.15) is 21.6 Å². The Kier molecular flexibility index (Phi) is 3.13. The van der Waals surface area contributed by atoms with E-state index in [1.807, 2.05) is 0 Å². The molecule has 0 spiro atoms. The smallest absolute Gasteiger partial charge is 0.248 e. The number of primary amides is 1. The Morgan fingerprint density at radius 2 is 1.88 bits per heavy atom. The zero-order valence-corrected chi connectivity index (χ0v) is 8.92. The molecule has 1 aromatic heterocycles. The second-order valence-electron chi connectivity index (χ2n) is 3.28. The Hall–Kier alpha value is -2.67. The predicted octanol–water partition coefficient (Wildman–Crippen LogP) is 0.975. The Balaban J connectivity index is 2.20. The fourth-order valence-electron chi connectivity index (χ4n) is 1.22. The van der Waals surface area contributed by atoms with E-state index in [2.05, 4.69) is 21.8 Å². The molecule has 0 aliphatic rings. The molecule has 2 N–H and O–H groups in total. The standard InChI is InChI=1S/C13H9N3O/c14-13(17)11-4-1-10(2-5-11)3-6-12-9-15-7-8-16-12/h1-2,4-5,7-9H,(H2,14,17). The summed E-state index contributed by atoms with van der Waals surface area (Å²) in [5.41, 5.74) is 7.00. The largest absolute Gasteiger partial charge is 0.366 e. The molecule has 0 unspecified atom stereocenters. The molecule has 0 aliphatic carbocycles. The van der Waals surface area contributed by atoms with Crippen LogP contribution in [0.4, 0.5) is 0 Å². The average Bonchev–Trinajstić information content (AvgIpc) is 2.38. The lowest BCUT2D eigenvalue weighted by molar-refractivity contribution is 0.100. The van der Waals surface area contributed by atoms with Gasteiger partial charge in [-0.25, -0.2) is 4.98 Å². The lowest BCUT2D eigenvalue weighted by atomic mass is 10.1. The summed E-state index contributed by atoms with van der Waals surface area (Å²) in [7, 11) is 0. The molecule has 0 atom stereocenters. The van der Waals surface area contributed by atoms with E-state index in [-0.39, 0.29) is 0 Å². The minimum atomic E-state index is -0.446. The van der Waals surface area contributed by atoms with E-state index in [9.17, 15) is 4.79 Å². The van der Waals surface area contributed by atoms with Crippen LogP contribution < -0.4 is 5.73 Å². The molecule has 4 nitrogen and oxygen atoms in total.